The van der Waals surface area contributed by atoms with Gasteiger partial charge in [-0.05, 0) is 55.5 Å². The molecule has 34 heavy (non-hydrogen) atoms. The molecule has 174 valence electrons. The third-order valence-corrected chi connectivity index (χ3v) is 6.88. The number of likely N-dealkylation sites (tertiary alicyclic amines) is 1. The number of hydrogen-bond acceptors (Lipinski definition) is 4. The van der Waals surface area contributed by atoms with Crippen LogP contribution < -0.4 is 10.1 Å². The molecular weight excluding hydrogens is 426 g/mol. The van der Waals surface area contributed by atoms with Crippen LogP contribution in [0, 0.1) is 5.92 Å². The summed E-state index contributed by atoms with van der Waals surface area (Å²) in [4.78, 5) is 32.9. The van der Waals surface area contributed by atoms with Gasteiger partial charge in [-0.3, -0.25) is 14.6 Å². The number of carbonyl (C=O) groups is 2. The van der Waals surface area contributed by atoms with Crippen LogP contribution in [0.5, 0.6) is 5.75 Å². The molecule has 0 spiro atoms. The summed E-state index contributed by atoms with van der Waals surface area (Å²) < 4.78 is 5.88. The molecule has 2 heterocycles. The van der Waals surface area contributed by atoms with Crippen molar-refractivity contribution < 1.29 is 14.3 Å². The molecular formula is C28H29N3O3. The standard InChI is InChI=1S/C28H29N3O3/c32-27(30-23-12-6-13-24(17-23)34-19-20-8-7-15-29-18-20)26-16-22-11-4-5-14-25(22)31(26)28(33)21-9-2-1-3-10-21/h1-3,6-10,12-13,15,17-18,22,25-26H,4-5,11,14,16,19H2,(H,30,32). The summed E-state index contributed by atoms with van der Waals surface area (Å²) in [5, 5.41) is 3.04. The van der Waals surface area contributed by atoms with Crippen LogP contribution in [0.2, 0.25) is 0 Å². The molecule has 1 aliphatic carbocycles. The molecule has 1 aromatic heterocycles. The van der Waals surface area contributed by atoms with Crippen LogP contribution >= 0.6 is 0 Å². The molecule has 1 saturated carbocycles. The van der Waals surface area contributed by atoms with Crippen molar-refractivity contribution in [3.05, 3.63) is 90.3 Å². The normalized spacial score (nSPS) is 21.5. The summed E-state index contributed by atoms with van der Waals surface area (Å²) in [6, 6.07) is 20.2. The first kappa shape index (κ1) is 22.1. The highest BCUT2D eigenvalue weighted by Gasteiger charge is 2.47. The van der Waals surface area contributed by atoms with Gasteiger partial charge in [-0.15, -0.1) is 0 Å². The molecule has 2 aromatic carbocycles. The van der Waals surface area contributed by atoms with Crippen molar-refractivity contribution in [1.29, 1.82) is 0 Å². The summed E-state index contributed by atoms with van der Waals surface area (Å²) in [5.74, 6) is 0.858. The van der Waals surface area contributed by atoms with Gasteiger partial charge in [0, 0.05) is 41.3 Å². The Balaban J connectivity index is 1.31. The summed E-state index contributed by atoms with van der Waals surface area (Å²) >= 11 is 0. The number of fused-ring (bicyclic) bond motifs is 1. The first-order valence-corrected chi connectivity index (χ1v) is 12.0. The van der Waals surface area contributed by atoms with Gasteiger partial charge in [0.25, 0.3) is 5.91 Å². The maximum absolute atomic E-state index is 13.5. The molecule has 6 nitrogen and oxygen atoms in total. The van der Waals surface area contributed by atoms with Gasteiger partial charge in [0.05, 0.1) is 0 Å². The lowest BCUT2D eigenvalue weighted by Crippen LogP contribution is -2.47. The second kappa shape index (κ2) is 10.1. The smallest absolute Gasteiger partial charge is 0.254 e. The van der Waals surface area contributed by atoms with E-state index in [9.17, 15) is 9.59 Å². The van der Waals surface area contributed by atoms with E-state index in [1.54, 1.807) is 12.4 Å². The fraction of sp³-hybridized carbons (Fsp3) is 0.321. The van der Waals surface area contributed by atoms with E-state index in [0.717, 1.165) is 24.8 Å². The second-order valence-corrected chi connectivity index (χ2v) is 9.11. The maximum atomic E-state index is 13.5. The lowest BCUT2D eigenvalue weighted by Gasteiger charge is -2.33. The number of rotatable bonds is 6. The Kier molecular flexibility index (Phi) is 6.56. The van der Waals surface area contributed by atoms with Gasteiger partial charge in [-0.2, -0.15) is 0 Å². The van der Waals surface area contributed by atoms with Gasteiger partial charge in [0.15, 0.2) is 0 Å². The molecule has 3 aromatic rings. The van der Waals surface area contributed by atoms with Crippen molar-refractivity contribution in [1.82, 2.24) is 9.88 Å². The van der Waals surface area contributed by atoms with E-state index in [1.165, 1.54) is 6.42 Å². The lowest BCUT2D eigenvalue weighted by molar-refractivity contribution is -0.120. The Bertz CT molecular complexity index is 1140. The first-order chi connectivity index (χ1) is 16.7. The van der Waals surface area contributed by atoms with E-state index >= 15 is 0 Å². The van der Waals surface area contributed by atoms with Gasteiger partial charge in [-0.1, -0.05) is 43.2 Å². The Hall–Kier alpha value is -3.67. The Morgan fingerprint density at radius 1 is 1.00 bits per heavy atom. The molecule has 2 fully saturated rings. The summed E-state index contributed by atoms with van der Waals surface area (Å²) in [7, 11) is 0. The minimum absolute atomic E-state index is 0.0521. The summed E-state index contributed by atoms with van der Waals surface area (Å²) in [6.07, 6.45) is 8.51. The van der Waals surface area contributed by atoms with Crippen LogP contribution in [0.15, 0.2) is 79.1 Å². The van der Waals surface area contributed by atoms with Crippen molar-refractivity contribution >= 4 is 17.5 Å². The number of pyridine rings is 1. The fourth-order valence-corrected chi connectivity index (χ4v) is 5.26. The van der Waals surface area contributed by atoms with Gasteiger partial charge in [0.2, 0.25) is 5.91 Å². The molecule has 1 saturated heterocycles. The SMILES string of the molecule is O=C(Nc1cccc(OCc2cccnc2)c1)C1CC2CCCCC2N1C(=O)c1ccccc1. The molecule has 6 heteroatoms. The van der Waals surface area contributed by atoms with Crippen molar-refractivity contribution in [2.24, 2.45) is 5.92 Å². The predicted octanol–water partition coefficient (Wildman–Crippen LogP) is 5.07. The zero-order chi connectivity index (χ0) is 23.3. The van der Waals surface area contributed by atoms with E-state index in [0.29, 0.717) is 35.9 Å². The number of nitrogens with one attached hydrogen (secondary N) is 1. The summed E-state index contributed by atoms with van der Waals surface area (Å²) in [6.45, 7) is 0.399. The highest BCUT2D eigenvalue weighted by atomic mass is 16.5. The van der Waals surface area contributed by atoms with Gasteiger partial charge >= 0.3 is 0 Å². The monoisotopic (exact) mass is 455 g/mol. The van der Waals surface area contributed by atoms with Gasteiger partial charge in [-0.25, -0.2) is 0 Å². The molecule has 5 rings (SSSR count). The number of anilines is 1. The average molecular weight is 456 g/mol. The topological polar surface area (TPSA) is 71.5 Å². The second-order valence-electron chi connectivity index (χ2n) is 9.11. The Labute approximate surface area is 200 Å². The lowest BCUT2D eigenvalue weighted by atomic mass is 9.84. The number of ether oxygens (including phenoxy) is 1. The van der Waals surface area contributed by atoms with Crippen molar-refractivity contribution in [3.8, 4) is 5.75 Å². The quantitative estimate of drug-likeness (QED) is 0.563. The number of aromatic nitrogens is 1. The van der Waals surface area contributed by atoms with Crippen molar-refractivity contribution in [3.63, 3.8) is 0 Å². The largest absolute Gasteiger partial charge is 0.489 e. The van der Waals surface area contributed by atoms with E-state index in [-0.39, 0.29) is 17.9 Å². The van der Waals surface area contributed by atoms with Crippen LogP contribution in [0.1, 0.15) is 48.0 Å². The molecule has 3 unspecified atom stereocenters. The third kappa shape index (κ3) is 4.81. The minimum Gasteiger partial charge on any atom is -0.489 e. The predicted molar refractivity (Wildman–Crippen MR) is 130 cm³/mol. The molecule has 2 aliphatic rings. The van der Waals surface area contributed by atoms with E-state index in [1.807, 2.05) is 71.6 Å². The van der Waals surface area contributed by atoms with Crippen LogP contribution in [-0.2, 0) is 11.4 Å². The van der Waals surface area contributed by atoms with Crippen LogP contribution in [0.25, 0.3) is 0 Å². The van der Waals surface area contributed by atoms with Crippen molar-refractivity contribution in [2.75, 3.05) is 5.32 Å². The highest BCUT2D eigenvalue weighted by molar-refractivity contribution is 6.02. The number of hydrogen-bond donors (Lipinski definition) is 1. The zero-order valence-electron chi connectivity index (χ0n) is 19.1. The molecule has 2 amide bonds. The Morgan fingerprint density at radius 2 is 1.85 bits per heavy atom. The molecule has 0 bridgehead atoms. The number of amides is 2. The van der Waals surface area contributed by atoms with E-state index < -0.39 is 6.04 Å². The Morgan fingerprint density at radius 3 is 2.68 bits per heavy atom. The van der Waals surface area contributed by atoms with E-state index in [2.05, 4.69) is 10.3 Å². The van der Waals surface area contributed by atoms with Crippen molar-refractivity contribution in [2.45, 2.75) is 50.8 Å². The first-order valence-electron chi connectivity index (χ1n) is 12.0. The molecule has 0 radical (unpaired) electrons. The van der Waals surface area contributed by atoms with Crippen LogP contribution in [0.4, 0.5) is 5.69 Å². The number of benzene rings is 2. The maximum Gasteiger partial charge on any atom is 0.254 e. The zero-order valence-corrected chi connectivity index (χ0v) is 19.1. The third-order valence-electron chi connectivity index (χ3n) is 6.88. The average Bonchev–Trinajstić information content (AvgIpc) is 3.28. The number of nitrogens with zero attached hydrogens (tertiary/aromatic N) is 2. The molecule has 1 aliphatic heterocycles. The number of carbonyl (C=O) groups excluding carboxylic acids is 2. The molecule has 3 atom stereocenters. The fourth-order valence-electron chi connectivity index (χ4n) is 5.26. The van der Waals surface area contributed by atoms with Gasteiger partial charge in [0.1, 0.15) is 18.4 Å². The molecule has 1 N–H and O–H groups in total. The van der Waals surface area contributed by atoms with E-state index in [4.69, 9.17) is 4.74 Å². The van der Waals surface area contributed by atoms with Crippen LogP contribution in [0.3, 0.4) is 0 Å². The summed E-state index contributed by atoms with van der Waals surface area (Å²) in [5.41, 5.74) is 2.27. The van der Waals surface area contributed by atoms with Crippen LogP contribution in [-0.4, -0.2) is 33.8 Å². The van der Waals surface area contributed by atoms with Gasteiger partial charge < -0.3 is 15.0 Å². The highest BCUT2D eigenvalue weighted by Crippen LogP contribution is 2.41. The minimum atomic E-state index is -0.472.